The third-order valence-corrected chi connectivity index (χ3v) is 4.12. The molecule has 0 unspecified atom stereocenters. The number of aromatic nitrogens is 2. The molecule has 0 spiro atoms. The molecule has 0 aliphatic heterocycles. The Kier molecular flexibility index (Phi) is 5.40. The van der Waals surface area contributed by atoms with Crippen LogP contribution in [0.5, 0.6) is 0 Å². The first-order valence-corrected chi connectivity index (χ1v) is 8.57. The first-order valence-electron chi connectivity index (χ1n) is 7.78. The molecule has 126 valence electrons. The van der Waals surface area contributed by atoms with Crippen LogP contribution in [0.15, 0.2) is 70.4 Å². The highest BCUT2D eigenvalue weighted by Crippen LogP contribution is 2.11. The van der Waals surface area contributed by atoms with Crippen molar-refractivity contribution in [3.8, 4) is 0 Å². The molecule has 1 N–H and O–H groups in total. The summed E-state index contributed by atoms with van der Waals surface area (Å²) >= 11 is 3.41. The van der Waals surface area contributed by atoms with Crippen molar-refractivity contribution in [1.29, 1.82) is 0 Å². The first-order chi connectivity index (χ1) is 12.1. The molecule has 0 fully saturated rings. The molecule has 6 heteroatoms. The Bertz CT molecular complexity index is 883. The number of nitrogens with one attached hydrogen (secondary N) is 1. The van der Waals surface area contributed by atoms with E-state index in [0.717, 1.165) is 15.6 Å². The number of nitrogens with zero attached hydrogens (tertiary/aromatic N) is 3. The van der Waals surface area contributed by atoms with Crippen molar-refractivity contribution in [2.75, 3.05) is 0 Å². The molecule has 2 aromatic carbocycles. The van der Waals surface area contributed by atoms with Crippen molar-refractivity contribution >= 4 is 28.1 Å². The number of aryl methyl sites for hydroxylation is 1. The average Bonchev–Trinajstić information content (AvgIpc) is 3.07. The molecule has 0 bridgehead atoms. The van der Waals surface area contributed by atoms with Crippen molar-refractivity contribution in [3.63, 3.8) is 0 Å². The quantitative estimate of drug-likeness (QED) is 0.527. The van der Waals surface area contributed by atoms with Crippen LogP contribution in [-0.4, -0.2) is 21.9 Å². The van der Waals surface area contributed by atoms with E-state index in [0.29, 0.717) is 12.2 Å². The number of hydrogen-bond acceptors (Lipinski definition) is 3. The minimum absolute atomic E-state index is 0.332. The van der Waals surface area contributed by atoms with Gasteiger partial charge in [0.2, 0.25) is 0 Å². The summed E-state index contributed by atoms with van der Waals surface area (Å²) in [4.78, 5) is 12.1. The summed E-state index contributed by atoms with van der Waals surface area (Å²) in [5, 5.41) is 8.26. The van der Waals surface area contributed by atoms with Crippen LogP contribution in [0.3, 0.4) is 0 Å². The molecular formula is C19H17BrN4O. The zero-order chi connectivity index (χ0) is 17.6. The molecule has 3 rings (SSSR count). The predicted molar refractivity (Wildman–Crippen MR) is 102 cm³/mol. The number of carbonyl (C=O) groups is 1. The van der Waals surface area contributed by atoms with Crippen LogP contribution in [0, 0.1) is 6.92 Å². The second-order valence-corrected chi connectivity index (χ2v) is 6.55. The lowest BCUT2D eigenvalue weighted by atomic mass is 10.2. The maximum absolute atomic E-state index is 12.1. The van der Waals surface area contributed by atoms with Gasteiger partial charge in [0.25, 0.3) is 5.91 Å². The molecule has 3 aromatic rings. The Labute approximate surface area is 154 Å². The van der Waals surface area contributed by atoms with Gasteiger partial charge in [-0.2, -0.15) is 10.2 Å². The molecule has 0 radical (unpaired) electrons. The van der Waals surface area contributed by atoms with E-state index in [-0.39, 0.29) is 5.91 Å². The zero-order valence-electron chi connectivity index (χ0n) is 13.7. The highest BCUT2D eigenvalue weighted by atomic mass is 79.9. The molecule has 0 aliphatic rings. The van der Waals surface area contributed by atoms with Gasteiger partial charge in [-0.05, 0) is 36.2 Å². The van der Waals surface area contributed by atoms with Crippen molar-refractivity contribution in [2.45, 2.75) is 13.5 Å². The Morgan fingerprint density at radius 2 is 1.88 bits per heavy atom. The maximum atomic E-state index is 12.1. The number of carbonyl (C=O) groups excluding carboxylic acids is 1. The van der Waals surface area contributed by atoms with Crippen molar-refractivity contribution in [3.05, 3.63) is 87.7 Å². The summed E-state index contributed by atoms with van der Waals surface area (Å²) < 4.78 is 2.75. The molecule has 25 heavy (non-hydrogen) atoms. The molecule has 1 heterocycles. The summed E-state index contributed by atoms with van der Waals surface area (Å²) in [5.74, 6) is -0.335. The van der Waals surface area contributed by atoms with E-state index in [2.05, 4.69) is 31.6 Å². The highest BCUT2D eigenvalue weighted by molar-refractivity contribution is 9.10. The summed E-state index contributed by atoms with van der Waals surface area (Å²) in [6, 6.07) is 17.5. The fourth-order valence-corrected chi connectivity index (χ4v) is 2.49. The summed E-state index contributed by atoms with van der Waals surface area (Å²) in [6.07, 6.45) is 3.39. The van der Waals surface area contributed by atoms with Gasteiger partial charge in [0.1, 0.15) is 0 Å². The molecule has 1 aromatic heterocycles. The molecule has 0 saturated heterocycles. The van der Waals surface area contributed by atoms with Crippen molar-refractivity contribution < 1.29 is 4.79 Å². The topological polar surface area (TPSA) is 59.3 Å². The largest absolute Gasteiger partial charge is 0.291 e. The molecule has 0 atom stereocenters. The van der Waals surface area contributed by atoms with E-state index in [1.807, 2.05) is 55.5 Å². The molecule has 0 aliphatic carbocycles. The van der Waals surface area contributed by atoms with Gasteiger partial charge < -0.3 is 0 Å². The smallest absolute Gasteiger partial charge is 0.268 e. The van der Waals surface area contributed by atoms with Crippen LogP contribution in [0.2, 0.25) is 0 Å². The zero-order valence-corrected chi connectivity index (χ0v) is 15.3. The average molecular weight is 397 g/mol. The maximum Gasteiger partial charge on any atom is 0.291 e. The highest BCUT2D eigenvalue weighted by Gasteiger charge is 2.08. The van der Waals surface area contributed by atoms with Gasteiger partial charge in [-0.25, -0.2) is 5.43 Å². The fraction of sp³-hybridized carbons (Fsp3) is 0.105. The van der Waals surface area contributed by atoms with Crippen LogP contribution in [0.1, 0.15) is 27.2 Å². The number of rotatable bonds is 5. The number of hydrazone groups is 1. The van der Waals surface area contributed by atoms with Gasteiger partial charge >= 0.3 is 0 Å². The van der Waals surface area contributed by atoms with E-state index in [9.17, 15) is 4.79 Å². The van der Waals surface area contributed by atoms with Crippen molar-refractivity contribution in [1.82, 2.24) is 15.2 Å². The van der Waals surface area contributed by atoms with E-state index in [1.165, 1.54) is 5.56 Å². The number of halogens is 1. The summed E-state index contributed by atoms with van der Waals surface area (Å²) in [5.41, 5.74) is 6.03. The minimum Gasteiger partial charge on any atom is -0.268 e. The Morgan fingerprint density at radius 1 is 1.16 bits per heavy atom. The van der Waals surface area contributed by atoms with Gasteiger partial charge in [-0.15, -0.1) is 0 Å². The lowest BCUT2D eigenvalue weighted by molar-refractivity contribution is 0.0949. The van der Waals surface area contributed by atoms with Gasteiger partial charge in [-0.1, -0.05) is 57.9 Å². The Morgan fingerprint density at radius 3 is 2.60 bits per heavy atom. The second-order valence-electron chi connectivity index (χ2n) is 5.63. The summed E-state index contributed by atoms with van der Waals surface area (Å²) in [7, 11) is 0. The molecule has 1 amide bonds. The van der Waals surface area contributed by atoms with Crippen molar-refractivity contribution in [2.24, 2.45) is 5.10 Å². The Balaban J connectivity index is 1.58. The van der Waals surface area contributed by atoms with Crippen LogP contribution >= 0.6 is 15.9 Å². The second kappa shape index (κ2) is 7.90. The van der Waals surface area contributed by atoms with E-state index in [4.69, 9.17) is 0 Å². The summed E-state index contributed by atoms with van der Waals surface area (Å²) in [6.45, 7) is 2.63. The van der Waals surface area contributed by atoms with Gasteiger partial charge in [0.05, 0.1) is 12.8 Å². The minimum atomic E-state index is -0.335. The van der Waals surface area contributed by atoms with Gasteiger partial charge in [0, 0.05) is 10.7 Å². The third kappa shape index (κ3) is 4.87. The van der Waals surface area contributed by atoms with Gasteiger partial charge in [0.15, 0.2) is 5.69 Å². The SMILES string of the molecule is Cc1ccc(C=NNC(=O)c2ccn(Cc3ccc(Br)cc3)n2)cc1. The number of amides is 1. The number of benzene rings is 2. The molecule has 0 saturated carbocycles. The fourth-order valence-electron chi connectivity index (χ4n) is 2.22. The monoisotopic (exact) mass is 396 g/mol. The lowest BCUT2D eigenvalue weighted by Crippen LogP contribution is -2.18. The lowest BCUT2D eigenvalue weighted by Gasteiger charge is -2.02. The van der Waals surface area contributed by atoms with Crippen LogP contribution in [0.25, 0.3) is 0 Å². The first kappa shape index (κ1) is 17.1. The number of hydrogen-bond donors (Lipinski definition) is 1. The standard InChI is InChI=1S/C19H17BrN4O/c1-14-2-4-15(5-3-14)12-21-22-19(25)18-10-11-24(23-18)13-16-6-8-17(20)9-7-16/h2-12H,13H2,1H3,(H,22,25). The van der Waals surface area contributed by atoms with Crippen LogP contribution in [-0.2, 0) is 6.54 Å². The van der Waals surface area contributed by atoms with Crippen LogP contribution in [0.4, 0.5) is 0 Å². The van der Waals surface area contributed by atoms with Gasteiger partial charge in [-0.3, -0.25) is 9.48 Å². The van der Waals surface area contributed by atoms with Crippen LogP contribution < -0.4 is 5.43 Å². The normalized spacial score (nSPS) is 11.0. The van der Waals surface area contributed by atoms with E-state index >= 15 is 0 Å². The van der Waals surface area contributed by atoms with E-state index < -0.39 is 0 Å². The van der Waals surface area contributed by atoms with E-state index in [1.54, 1.807) is 23.2 Å². The third-order valence-electron chi connectivity index (χ3n) is 3.59. The predicted octanol–water partition coefficient (Wildman–Crippen LogP) is 3.77. The molecule has 5 nitrogen and oxygen atoms in total. The molecular weight excluding hydrogens is 380 g/mol. The Hall–Kier alpha value is -2.73.